The normalized spacial score (nSPS) is 17.6. The Bertz CT molecular complexity index is 421. The molecule has 1 fully saturated rings. The van der Waals surface area contributed by atoms with Gasteiger partial charge in [0.05, 0.1) is 0 Å². The Morgan fingerprint density at radius 3 is 2.79 bits per heavy atom. The van der Waals surface area contributed by atoms with Gasteiger partial charge in [-0.25, -0.2) is 0 Å². The van der Waals surface area contributed by atoms with Crippen molar-refractivity contribution in [3.63, 3.8) is 0 Å². The second-order valence-electron chi connectivity index (χ2n) is 4.47. The van der Waals surface area contributed by atoms with Crippen molar-refractivity contribution in [2.75, 3.05) is 18.5 Å². The van der Waals surface area contributed by atoms with E-state index in [2.05, 4.69) is 22.4 Å². The smallest absolute Gasteiger partial charge is 0.246 e. The fraction of sp³-hybridized carbons (Fsp3) is 0.727. The van der Waals surface area contributed by atoms with Crippen LogP contribution in [0.5, 0.6) is 0 Å². The molecule has 2 heterocycles. The predicted molar refractivity (Wildman–Crippen MR) is 76.8 cm³/mol. The molecule has 0 bridgehead atoms. The van der Waals surface area contributed by atoms with Crippen LogP contribution in [0, 0.1) is 0 Å². The quantitative estimate of drug-likeness (QED) is 0.876. The molecule has 6 nitrogen and oxygen atoms in total. The average Bonchev–Trinajstić information content (AvgIpc) is 2.78. The maximum Gasteiger partial charge on any atom is 0.246 e. The lowest BCUT2D eigenvalue weighted by Crippen LogP contribution is -2.54. The molecule has 1 aliphatic heterocycles. The third-order valence-electron chi connectivity index (χ3n) is 2.99. The van der Waals surface area contributed by atoms with Gasteiger partial charge in [0.25, 0.3) is 0 Å². The number of amides is 1. The number of halogens is 1. The zero-order chi connectivity index (χ0) is 13.0. The molecule has 108 valence electrons. The minimum absolute atomic E-state index is 0. The Kier molecular flexibility index (Phi) is 6.12. The molecule has 1 amide bonds. The SMILES string of the molecule is CCCc1nnc(NC(=O)C2(N)CCOCC2)s1.Cl. The lowest BCUT2D eigenvalue weighted by atomic mass is 9.90. The van der Waals surface area contributed by atoms with Crippen LogP contribution in [0.25, 0.3) is 0 Å². The summed E-state index contributed by atoms with van der Waals surface area (Å²) >= 11 is 1.41. The predicted octanol–water partition coefficient (Wildman–Crippen LogP) is 1.36. The number of carbonyl (C=O) groups excluding carboxylic acids is 1. The molecule has 2 rings (SSSR count). The molecular weight excluding hydrogens is 288 g/mol. The minimum atomic E-state index is -0.838. The lowest BCUT2D eigenvalue weighted by molar-refractivity contribution is -0.124. The van der Waals surface area contributed by atoms with Crippen molar-refractivity contribution in [1.82, 2.24) is 10.2 Å². The number of nitrogens with two attached hydrogens (primary N) is 1. The summed E-state index contributed by atoms with van der Waals surface area (Å²) in [5.74, 6) is -0.190. The van der Waals surface area contributed by atoms with Gasteiger partial charge in [0.2, 0.25) is 11.0 Å². The molecule has 1 aromatic heterocycles. The number of aromatic nitrogens is 2. The highest BCUT2D eigenvalue weighted by atomic mass is 35.5. The third kappa shape index (κ3) is 4.10. The van der Waals surface area contributed by atoms with Gasteiger partial charge in [-0.2, -0.15) is 0 Å². The number of hydrogen-bond donors (Lipinski definition) is 2. The number of nitrogens with one attached hydrogen (secondary N) is 1. The standard InChI is InChI=1S/C11H18N4O2S.ClH/c1-2-3-8-14-15-10(18-8)13-9(16)11(12)4-6-17-7-5-11;/h2-7,12H2,1H3,(H,13,15,16);1H. The van der Waals surface area contributed by atoms with Gasteiger partial charge in [-0.15, -0.1) is 22.6 Å². The molecule has 1 aliphatic rings. The van der Waals surface area contributed by atoms with E-state index in [9.17, 15) is 4.79 Å². The summed E-state index contributed by atoms with van der Waals surface area (Å²) in [5, 5.41) is 12.2. The number of aryl methyl sites for hydroxylation is 1. The summed E-state index contributed by atoms with van der Waals surface area (Å²) in [4.78, 5) is 12.1. The van der Waals surface area contributed by atoms with E-state index in [1.807, 2.05) is 0 Å². The molecule has 0 radical (unpaired) electrons. The monoisotopic (exact) mass is 306 g/mol. The van der Waals surface area contributed by atoms with Crippen LogP contribution in [0.3, 0.4) is 0 Å². The van der Waals surface area contributed by atoms with Crippen molar-refractivity contribution in [1.29, 1.82) is 0 Å². The second-order valence-corrected chi connectivity index (χ2v) is 5.54. The van der Waals surface area contributed by atoms with Gasteiger partial charge < -0.3 is 10.5 Å². The number of rotatable bonds is 4. The summed E-state index contributed by atoms with van der Waals surface area (Å²) in [6.07, 6.45) is 2.98. The Balaban J connectivity index is 0.00000180. The van der Waals surface area contributed by atoms with Gasteiger partial charge in [0.15, 0.2) is 0 Å². The van der Waals surface area contributed by atoms with Crippen molar-refractivity contribution in [2.45, 2.75) is 38.1 Å². The molecule has 0 unspecified atom stereocenters. The van der Waals surface area contributed by atoms with Crippen LogP contribution < -0.4 is 11.1 Å². The van der Waals surface area contributed by atoms with E-state index >= 15 is 0 Å². The zero-order valence-electron chi connectivity index (χ0n) is 10.8. The molecule has 1 saturated heterocycles. The first kappa shape index (κ1) is 16.3. The van der Waals surface area contributed by atoms with E-state index < -0.39 is 5.54 Å². The summed E-state index contributed by atoms with van der Waals surface area (Å²) in [7, 11) is 0. The van der Waals surface area contributed by atoms with Gasteiger partial charge in [0, 0.05) is 19.6 Å². The first-order valence-corrected chi connectivity index (χ1v) is 6.96. The second kappa shape index (κ2) is 7.14. The number of ether oxygens (including phenoxy) is 1. The number of anilines is 1. The number of hydrogen-bond acceptors (Lipinski definition) is 6. The van der Waals surface area contributed by atoms with Crippen molar-refractivity contribution in [3.05, 3.63) is 5.01 Å². The van der Waals surface area contributed by atoms with Crippen LogP contribution in [0.4, 0.5) is 5.13 Å². The molecule has 0 saturated carbocycles. The molecule has 8 heteroatoms. The van der Waals surface area contributed by atoms with Crippen LogP contribution in [-0.2, 0) is 16.0 Å². The van der Waals surface area contributed by atoms with Crippen molar-refractivity contribution >= 4 is 34.8 Å². The highest BCUT2D eigenvalue weighted by Crippen LogP contribution is 2.22. The van der Waals surface area contributed by atoms with Gasteiger partial charge in [0.1, 0.15) is 10.5 Å². The molecular formula is C11H19ClN4O2S. The lowest BCUT2D eigenvalue weighted by Gasteiger charge is -2.31. The fourth-order valence-electron chi connectivity index (χ4n) is 1.80. The highest BCUT2D eigenvalue weighted by molar-refractivity contribution is 7.15. The zero-order valence-corrected chi connectivity index (χ0v) is 12.5. The van der Waals surface area contributed by atoms with Crippen LogP contribution in [0.2, 0.25) is 0 Å². The third-order valence-corrected chi connectivity index (χ3v) is 3.89. The van der Waals surface area contributed by atoms with Crippen LogP contribution in [0.15, 0.2) is 0 Å². The number of nitrogens with zero attached hydrogens (tertiary/aromatic N) is 2. The highest BCUT2D eigenvalue weighted by Gasteiger charge is 2.36. The Hall–Kier alpha value is -0.760. The largest absolute Gasteiger partial charge is 0.381 e. The summed E-state index contributed by atoms with van der Waals surface area (Å²) in [6.45, 7) is 3.14. The first-order chi connectivity index (χ1) is 8.64. The van der Waals surface area contributed by atoms with E-state index in [1.165, 1.54) is 11.3 Å². The summed E-state index contributed by atoms with van der Waals surface area (Å²) < 4.78 is 5.22. The van der Waals surface area contributed by atoms with Crippen LogP contribution in [0.1, 0.15) is 31.2 Å². The molecule has 0 spiro atoms. The Labute approximate surface area is 122 Å². The summed E-state index contributed by atoms with van der Waals surface area (Å²) in [6, 6.07) is 0. The Morgan fingerprint density at radius 2 is 2.16 bits per heavy atom. The molecule has 3 N–H and O–H groups in total. The van der Waals surface area contributed by atoms with E-state index in [1.54, 1.807) is 0 Å². The molecule has 19 heavy (non-hydrogen) atoms. The van der Waals surface area contributed by atoms with Gasteiger partial charge in [-0.3, -0.25) is 10.1 Å². The van der Waals surface area contributed by atoms with Crippen molar-refractivity contribution < 1.29 is 9.53 Å². The fourth-order valence-corrected chi connectivity index (χ4v) is 2.64. The molecule has 1 aromatic rings. The number of carbonyl (C=O) groups is 1. The van der Waals surface area contributed by atoms with E-state index in [-0.39, 0.29) is 18.3 Å². The van der Waals surface area contributed by atoms with Crippen molar-refractivity contribution in [2.24, 2.45) is 5.73 Å². The maximum absolute atomic E-state index is 12.1. The van der Waals surface area contributed by atoms with E-state index in [4.69, 9.17) is 10.5 Å². The van der Waals surface area contributed by atoms with Gasteiger partial charge >= 0.3 is 0 Å². The molecule has 0 aromatic carbocycles. The molecule has 0 aliphatic carbocycles. The van der Waals surface area contributed by atoms with Crippen molar-refractivity contribution in [3.8, 4) is 0 Å². The van der Waals surface area contributed by atoms with Crippen LogP contribution >= 0.6 is 23.7 Å². The minimum Gasteiger partial charge on any atom is -0.381 e. The Morgan fingerprint density at radius 1 is 1.47 bits per heavy atom. The van der Waals surface area contributed by atoms with E-state index in [0.29, 0.717) is 31.2 Å². The van der Waals surface area contributed by atoms with Crippen LogP contribution in [-0.4, -0.2) is 34.9 Å². The van der Waals surface area contributed by atoms with Gasteiger partial charge in [-0.1, -0.05) is 18.3 Å². The van der Waals surface area contributed by atoms with Gasteiger partial charge in [-0.05, 0) is 19.3 Å². The summed E-state index contributed by atoms with van der Waals surface area (Å²) in [5.41, 5.74) is 5.24. The maximum atomic E-state index is 12.1. The first-order valence-electron chi connectivity index (χ1n) is 6.14. The molecule has 0 atom stereocenters. The van der Waals surface area contributed by atoms with E-state index in [0.717, 1.165) is 17.8 Å². The average molecular weight is 307 g/mol. The topological polar surface area (TPSA) is 90.1 Å².